The van der Waals surface area contributed by atoms with Crippen molar-refractivity contribution in [2.24, 2.45) is 23.2 Å². The first-order valence-electron chi connectivity index (χ1n) is 17.8. The number of aliphatic hydroxyl groups is 4. The van der Waals surface area contributed by atoms with Gasteiger partial charge in [0.1, 0.15) is 29.6 Å². The summed E-state index contributed by atoms with van der Waals surface area (Å²) >= 11 is 0. The average molecular weight is 653 g/mol. The molecule has 47 heavy (non-hydrogen) atoms. The van der Waals surface area contributed by atoms with Crippen molar-refractivity contribution in [1.82, 2.24) is 14.7 Å². The fraction of sp³-hybridized carbons (Fsp3) is 0.703. The number of likely N-dealkylation sites (N-methyl/N-ethyl adjacent to an activating group) is 1. The number of anilines is 1. The van der Waals surface area contributed by atoms with Crippen LogP contribution in [0.3, 0.4) is 0 Å². The largest absolute Gasteiger partial charge is 0.468 e. The maximum Gasteiger partial charge on any atom is 0.250 e. The van der Waals surface area contributed by atoms with E-state index in [1.165, 1.54) is 31.9 Å². The van der Waals surface area contributed by atoms with Crippen LogP contribution in [0.5, 0.6) is 0 Å². The van der Waals surface area contributed by atoms with Gasteiger partial charge in [-0.3, -0.25) is 9.69 Å². The van der Waals surface area contributed by atoms with Crippen LogP contribution in [0.15, 0.2) is 53.1 Å². The number of piperidine rings is 1. The number of hydrogen-bond donors (Lipinski definition) is 4. The number of furan rings is 1. The first-order chi connectivity index (χ1) is 22.6. The minimum atomic E-state index is -1.55. The third-order valence-corrected chi connectivity index (χ3v) is 12.6. The van der Waals surface area contributed by atoms with Crippen LogP contribution in [0.1, 0.15) is 70.6 Å². The predicted octanol–water partition coefficient (Wildman–Crippen LogP) is 3.32. The fourth-order valence-electron chi connectivity index (χ4n) is 9.45. The summed E-state index contributed by atoms with van der Waals surface area (Å²) in [7, 11) is 1.82. The summed E-state index contributed by atoms with van der Waals surface area (Å²) in [5, 5.41) is 40.8. The topological polar surface area (TPSA) is 124 Å². The summed E-state index contributed by atoms with van der Waals surface area (Å²) in [5.74, 6) is 3.30. The van der Waals surface area contributed by atoms with E-state index < -0.39 is 36.5 Å². The van der Waals surface area contributed by atoms with Crippen molar-refractivity contribution in [2.75, 3.05) is 57.9 Å². The van der Waals surface area contributed by atoms with E-state index in [1.54, 1.807) is 12.1 Å². The lowest BCUT2D eigenvalue weighted by Gasteiger charge is -2.60. The molecule has 3 heterocycles. The van der Waals surface area contributed by atoms with Crippen LogP contribution in [-0.2, 0) is 4.79 Å². The molecule has 5 aliphatic rings. The monoisotopic (exact) mass is 652 g/mol. The second-order valence-corrected chi connectivity index (χ2v) is 15.4. The molecule has 7 atom stereocenters. The third-order valence-electron chi connectivity index (χ3n) is 12.6. The molecule has 10 nitrogen and oxygen atoms in total. The van der Waals surface area contributed by atoms with Gasteiger partial charge in [-0.25, -0.2) is 0 Å². The number of para-hydroxylation sites is 1. The van der Waals surface area contributed by atoms with Gasteiger partial charge in [0.25, 0.3) is 0 Å². The number of likely N-dealkylation sites (tertiary alicyclic amines) is 1. The smallest absolute Gasteiger partial charge is 0.250 e. The molecule has 2 saturated heterocycles. The molecular weight excluding hydrogens is 596 g/mol. The molecule has 3 saturated carbocycles. The number of nitrogens with zero attached hydrogens (tertiary/aromatic N) is 4. The zero-order valence-electron chi connectivity index (χ0n) is 28.5. The maximum absolute atomic E-state index is 14.3. The highest BCUT2D eigenvalue weighted by molar-refractivity contribution is 5.93. The highest BCUT2D eigenvalue weighted by atomic mass is 16.4. The zero-order chi connectivity index (χ0) is 33.3. The van der Waals surface area contributed by atoms with Gasteiger partial charge in [0.2, 0.25) is 5.91 Å². The molecule has 5 fully saturated rings. The quantitative estimate of drug-likeness (QED) is 0.243. The van der Waals surface area contributed by atoms with Crippen molar-refractivity contribution < 1.29 is 29.6 Å². The number of hydrogen-bond acceptors (Lipinski definition) is 9. The molecule has 4 N–H and O–H groups in total. The summed E-state index contributed by atoms with van der Waals surface area (Å²) in [4.78, 5) is 23.1. The molecule has 2 bridgehead atoms. The lowest BCUT2D eigenvalue weighted by Crippen LogP contribution is -2.57. The number of aliphatic hydroxyl groups excluding tert-OH is 4. The van der Waals surface area contributed by atoms with Gasteiger partial charge in [0.05, 0.1) is 25.6 Å². The van der Waals surface area contributed by atoms with Crippen LogP contribution >= 0.6 is 0 Å². The van der Waals surface area contributed by atoms with Crippen LogP contribution in [0.4, 0.5) is 5.69 Å². The van der Waals surface area contributed by atoms with Gasteiger partial charge < -0.3 is 39.5 Å². The SMILES string of the molecule is CN(CCCN1CN(c2ccccc2)C2(CCN(CCC3CCC4CC3C4(C)C)CC2)C1=O)C(c1ccco1)[C@H](O)[C@@H](O)[C@H](O)CO. The summed E-state index contributed by atoms with van der Waals surface area (Å²) in [6.07, 6.45) is 4.83. The lowest BCUT2D eigenvalue weighted by atomic mass is 9.45. The highest BCUT2D eigenvalue weighted by Gasteiger charge is 2.55. The molecule has 3 aliphatic carbocycles. The van der Waals surface area contributed by atoms with E-state index in [2.05, 4.69) is 35.8 Å². The second kappa shape index (κ2) is 14.2. The molecule has 1 amide bonds. The third kappa shape index (κ3) is 6.62. The Morgan fingerprint density at radius 3 is 2.38 bits per heavy atom. The van der Waals surface area contributed by atoms with Gasteiger partial charge in [-0.15, -0.1) is 0 Å². The minimum Gasteiger partial charge on any atom is -0.468 e. The molecule has 1 aromatic carbocycles. The van der Waals surface area contributed by atoms with Crippen LogP contribution in [-0.4, -0.2) is 118 Å². The van der Waals surface area contributed by atoms with Gasteiger partial charge in [-0.05, 0) is 106 Å². The first kappa shape index (κ1) is 34.4. The Bertz CT molecular complexity index is 1300. The van der Waals surface area contributed by atoms with Gasteiger partial charge in [-0.2, -0.15) is 0 Å². The van der Waals surface area contributed by atoms with Crippen molar-refractivity contribution >= 4 is 11.6 Å². The van der Waals surface area contributed by atoms with E-state index in [-0.39, 0.29) is 5.91 Å². The van der Waals surface area contributed by atoms with E-state index in [0.29, 0.717) is 37.4 Å². The Labute approximate surface area is 279 Å². The van der Waals surface area contributed by atoms with Crippen molar-refractivity contribution in [3.63, 3.8) is 0 Å². The Balaban J connectivity index is 1.08. The van der Waals surface area contributed by atoms with E-state index in [9.17, 15) is 25.2 Å². The maximum atomic E-state index is 14.3. The van der Waals surface area contributed by atoms with Crippen LogP contribution in [0.2, 0.25) is 0 Å². The van der Waals surface area contributed by atoms with Crippen molar-refractivity contribution in [2.45, 2.75) is 88.7 Å². The molecule has 2 aromatic rings. The zero-order valence-corrected chi connectivity index (χ0v) is 28.5. The first-order valence-corrected chi connectivity index (χ1v) is 17.8. The molecular formula is C37H56N4O6. The van der Waals surface area contributed by atoms with Crippen molar-refractivity contribution in [3.8, 4) is 0 Å². The molecule has 260 valence electrons. The molecule has 7 rings (SSSR count). The number of rotatable bonds is 14. The minimum absolute atomic E-state index is 0.197. The summed E-state index contributed by atoms with van der Waals surface area (Å²) in [6.45, 7) is 8.89. The second-order valence-electron chi connectivity index (χ2n) is 15.4. The Hall–Kier alpha value is -2.47. The van der Waals surface area contributed by atoms with Gasteiger partial charge in [-0.1, -0.05) is 32.0 Å². The predicted molar refractivity (Wildman–Crippen MR) is 180 cm³/mol. The number of benzene rings is 1. The van der Waals surface area contributed by atoms with E-state index in [0.717, 1.165) is 55.9 Å². The number of carbonyl (C=O) groups excluding carboxylic acids is 1. The average Bonchev–Trinajstić information content (AvgIpc) is 3.71. The molecule has 4 unspecified atom stereocenters. The fourth-order valence-corrected chi connectivity index (χ4v) is 9.45. The number of amides is 1. The number of carbonyl (C=O) groups is 1. The van der Waals surface area contributed by atoms with E-state index in [4.69, 9.17) is 4.42 Å². The molecule has 1 aromatic heterocycles. The normalized spacial score (nSPS) is 28.0. The van der Waals surface area contributed by atoms with Gasteiger partial charge in [0.15, 0.2) is 0 Å². The molecule has 0 radical (unpaired) electrons. The van der Waals surface area contributed by atoms with Gasteiger partial charge in [0, 0.05) is 31.9 Å². The van der Waals surface area contributed by atoms with Crippen LogP contribution in [0.25, 0.3) is 0 Å². The molecule has 10 heteroatoms. The standard InChI is InChI=1S/C37H56N4O6/c1-36(2)27-13-12-26(29(36)23-27)14-19-39-20-15-37(16-21-39)35(46)40(25-41(37)28-9-5-4-6-10-28)18-8-17-38(3)32(31-11-7-22-47-31)34(45)33(44)30(43)24-42/h4-7,9-11,22,26-27,29-30,32-34,42-45H,8,12-21,23-25H2,1-3H3/t26?,27?,29?,30-,32?,33+,34+/m1/s1. The summed E-state index contributed by atoms with van der Waals surface area (Å²) < 4.78 is 5.58. The van der Waals surface area contributed by atoms with Crippen molar-refractivity contribution in [3.05, 3.63) is 54.5 Å². The number of fused-ring (bicyclic) bond motifs is 2. The van der Waals surface area contributed by atoms with Crippen LogP contribution in [0, 0.1) is 23.2 Å². The lowest BCUT2D eigenvalue weighted by molar-refractivity contribution is -0.134. The Morgan fingerprint density at radius 1 is 1.00 bits per heavy atom. The van der Waals surface area contributed by atoms with Crippen LogP contribution < -0.4 is 4.90 Å². The Kier molecular flexibility index (Phi) is 10.4. The van der Waals surface area contributed by atoms with Crippen molar-refractivity contribution in [1.29, 1.82) is 0 Å². The Morgan fingerprint density at radius 2 is 1.74 bits per heavy atom. The highest BCUT2D eigenvalue weighted by Crippen LogP contribution is 2.62. The molecule has 1 spiro atoms. The molecule has 2 aliphatic heterocycles. The summed E-state index contributed by atoms with van der Waals surface area (Å²) in [5.41, 5.74) is 1.05. The van der Waals surface area contributed by atoms with E-state index >= 15 is 0 Å². The van der Waals surface area contributed by atoms with E-state index in [1.807, 2.05) is 35.0 Å². The van der Waals surface area contributed by atoms with Gasteiger partial charge >= 0.3 is 0 Å². The summed E-state index contributed by atoms with van der Waals surface area (Å²) in [6, 6.07) is 13.0.